The van der Waals surface area contributed by atoms with Crippen molar-refractivity contribution in [2.45, 2.75) is 39.7 Å². The molecular formula is C14H20FNO2. The molecule has 4 heteroatoms. The Labute approximate surface area is 107 Å². The van der Waals surface area contributed by atoms with Gasteiger partial charge in [0.15, 0.2) is 18.2 Å². The molecule has 100 valence electrons. The average molecular weight is 253 g/mol. The Morgan fingerprint density at radius 1 is 1.44 bits per heavy atom. The van der Waals surface area contributed by atoms with Gasteiger partial charge in [-0.1, -0.05) is 19.1 Å². The number of hydrogen-bond acceptors (Lipinski definition) is 2. The van der Waals surface area contributed by atoms with Gasteiger partial charge in [-0.2, -0.15) is 0 Å². The molecule has 0 saturated heterocycles. The van der Waals surface area contributed by atoms with Crippen molar-refractivity contribution >= 4 is 5.91 Å². The molecule has 0 atom stereocenters. The minimum Gasteiger partial charge on any atom is -0.481 e. The molecule has 1 amide bonds. The first-order chi connectivity index (χ1) is 8.35. The summed E-state index contributed by atoms with van der Waals surface area (Å²) in [5.41, 5.74) is 0.229. The second kappa shape index (κ2) is 5.85. The van der Waals surface area contributed by atoms with E-state index in [9.17, 15) is 9.18 Å². The summed E-state index contributed by atoms with van der Waals surface area (Å²) in [6.07, 6.45) is 0.817. The third kappa shape index (κ3) is 4.02. The summed E-state index contributed by atoms with van der Waals surface area (Å²) in [5, 5.41) is 2.82. The molecule has 0 radical (unpaired) electrons. The number of benzene rings is 1. The molecule has 18 heavy (non-hydrogen) atoms. The van der Waals surface area contributed by atoms with Crippen LogP contribution in [0.15, 0.2) is 18.2 Å². The van der Waals surface area contributed by atoms with Crippen LogP contribution in [-0.4, -0.2) is 18.1 Å². The van der Waals surface area contributed by atoms with Crippen molar-refractivity contribution in [3.63, 3.8) is 0 Å². The van der Waals surface area contributed by atoms with Gasteiger partial charge in [-0.3, -0.25) is 4.79 Å². The predicted octanol–water partition coefficient (Wildman–Crippen LogP) is 2.82. The second-order valence-electron chi connectivity index (χ2n) is 4.96. The van der Waals surface area contributed by atoms with E-state index in [1.807, 2.05) is 20.8 Å². The largest absolute Gasteiger partial charge is 0.481 e. The van der Waals surface area contributed by atoms with E-state index in [1.54, 1.807) is 19.1 Å². The van der Waals surface area contributed by atoms with E-state index in [0.29, 0.717) is 5.56 Å². The quantitative estimate of drug-likeness (QED) is 0.876. The minimum absolute atomic E-state index is 0.111. The third-order valence-corrected chi connectivity index (χ3v) is 2.88. The van der Waals surface area contributed by atoms with Gasteiger partial charge in [0.1, 0.15) is 0 Å². The molecule has 0 aliphatic carbocycles. The van der Waals surface area contributed by atoms with E-state index in [4.69, 9.17) is 4.74 Å². The van der Waals surface area contributed by atoms with Crippen molar-refractivity contribution in [1.82, 2.24) is 5.32 Å². The molecular weight excluding hydrogens is 233 g/mol. The number of rotatable bonds is 5. The Morgan fingerprint density at radius 2 is 2.11 bits per heavy atom. The molecule has 0 spiro atoms. The Kier molecular flexibility index (Phi) is 4.70. The molecule has 1 aromatic carbocycles. The molecule has 0 aliphatic rings. The van der Waals surface area contributed by atoms with Crippen molar-refractivity contribution in [2.75, 3.05) is 6.61 Å². The van der Waals surface area contributed by atoms with E-state index in [0.717, 1.165) is 6.42 Å². The number of aryl methyl sites for hydroxylation is 1. The van der Waals surface area contributed by atoms with Crippen molar-refractivity contribution in [3.05, 3.63) is 29.6 Å². The lowest BCUT2D eigenvalue weighted by Crippen LogP contribution is -2.44. The van der Waals surface area contributed by atoms with Gasteiger partial charge in [0.05, 0.1) is 0 Å². The summed E-state index contributed by atoms with van der Waals surface area (Å²) in [6.45, 7) is 7.32. The van der Waals surface area contributed by atoms with Crippen LogP contribution in [0.4, 0.5) is 4.39 Å². The fraction of sp³-hybridized carbons (Fsp3) is 0.500. The fourth-order valence-corrected chi connectivity index (χ4v) is 1.38. The van der Waals surface area contributed by atoms with Crippen molar-refractivity contribution in [2.24, 2.45) is 0 Å². The fourth-order valence-electron chi connectivity index (χ4n) is 1.38. The van der Waals surface area contributed by atoms with Crippen LogP contribution in [-0.2, 0) is 4.79 Å². The first kappa shape index (κ1) is 14.5. The molecule has 0 unspecified atom stereocenters. The van der Waals surface area contributed by atoms with Crippen LogP contribution in [0.2, 0.25) is 0 Å². The van der Waals surface area contributed by atoms with Gasteiger partial charge in [0.2, 0.25) is 0 Å². The number of carbonyl (C=O) groups is 1. The number of nitrogens with one attached hydrogen (secondary N) is 1. The molecule has 0 aromatic heterocycles. The lowest BCUT2D eigenvalue weighted by molar-refractivity contribution is -0.124. The molecule has 1 aromatic rings. The smallest absolute Gasteiger partial charge is 0.258 e. The molecule has 3 nitrogen and oxygen atoms in total. The summed E-state index contributed by atoms with van der Waals surface area (Å²) in [7, 11) is 0. The van der Waals surface area contributed by atoms with Crippen LogP contribution in [0, 0.1) is 12.7 Å². The van der Waals surface area contributed by atoms with Gasteiger partial charge < -0.3 is 10.1 Å². The normalized spacial score (nSPS) is 11.2. The summed E-state index contributed by atoms with van der Waals surface area (Å²) >= 11 is 0. The summed E-state index contributed by atoms with van der Waals surface area (Å²) in [6, 6.07) is 4.87. The van der Waals surface area contributed by atoms with Gasteiger partial charge in [0.25, 0.3) is 5.91 Å². The lowest BCUT2D eigenvalue weighted by atomic mass is 10.0. The van der Waals surface area contributed by atoms with E-state index in [2.05, 4.69) is 5.32 Å². The average Bonchev–Trinajstić information content (AvgIpc) is 2.30. The Balaban J connectivity index is 2.56. The monoisotopic (exact) mass is 253 g/mol. The van der Waals surface area contributed by atoms with Gasteiger partial charge >= 0.3 is 0 Å². The zero-order valence-corrected chi connectivity index (χ0v) is 11.3. The number of carbonyl (C=O) groups excluding carboxylic acids is 1. The van der Waals surface area contributed by atoms with Gasteiger partial charge in [-0.05, 0) is 38.8 Å². The van der Waals surface area contributed by atoms with Crippen molar-refractivity contribution in [3.8, 4) is 5.75 Å². The van der Waals surface area contributed by atoms with Crippen LogP contribution in [0.3, 0.4) is 0 Å². The van der Waals surface area contributed by atoms with Gasteiger partial charge in [-0.15, -0.1) is 0 Å². The highest BCUT2D eigenvalue weighted by molar-refractivity contribution is 5.78. The van der Waals surface area contributed by atoms with Crippen molar-refractivity contribution < 1.29 is 13.9 Å². The summed E-state index contributed by atoms with van der Waals surface area (Å²) in [4.78, 5) is 11.6. The predicted molar refractivity (Wildman–Crippen MR) is 69.1 cm³/mol. The maximum atomic E-state index is 13.6. The number of ether oxygens (including phenoxy) is 1. The zero-order valence-electron chi connectivity index (χ0n) is 11.3. The highest BCUT2D eigenvalue weighted by atomic mass is 19.1. The van der Waals surface area contributed by atoms with E-state index >= 15 is 0 Å². The zero-order chi connectivity index (χ0) is 13.8. The number of halogens is 1. The van der Waals surface area contributed by atoms with E-state index < -0.39 is 5.82 Å². The van der Waals surface area contributed by atoms with Crippen LogP contribution < -0.4 is 10.1 Å². The van der Waals surface area contributed by atoms with Crippen LogP contribution in [0.25, 0.3) is 0 Å². The van der Waals surface area contributed by atoms with Crippen molar-refractivity contribution in [1.29, 1.82) is 0 Å². The highest BCUT2D eigenvalue weighted by Gasteiger charge is 2.18. The van der Waals surface area contributed by atoms with Crippen LogP contribution >= 0.6 is 0 Å². The molecule has 0 aliphatic heterocycles. The number of hydrogen-bond donors (Lipinski definition) is 1. The maximum Gasteiger partial charge on any atom is 0.258 e. The SMILES string of the molecule is CCC(C)(C)NC(=O)COc1cccc(C)c1F. The summed E-state index contributed by atoms with van der Waals surface area (Å²) in [5.74, 6) is -0.553. The molecule has 1 rings (SSSR count). The van der Waals surface area contributed by atoms with Crippen LogP contribution in [0.1, 0.15) is 32.8 Å². The Hall–Kier alpha value is -1.58. The maximum absolute atomic E-state index is 13.6. The molecule has 0 saturated carbocycles. The number of amides is 1. The third-order valence-electron chi connectivity index (χ3n) is 2.88. The topological polar surface area (TPSA) is 38.3 Å². The first-order valence-electron chi connectivity index (χ1n) is 6.04. The highest BCUT2D eigenvalue weighted by Crippen LogP contribution is 2.19. The Morgan fingerprint density at radius 3 is 2.72 bits per heavy atom. The standard InChI is InChI=1S/C14H20FNO2/c1-5-14(3,4)16-12(17)9-18-11-8-6-7-10(2)13(11)15/h6-8H,5,9H2,1-4H3,(H,16,17). The molecule has 1 N–H and O–H groups in total. The van der Waals surface area contributed by atoms with Gasteiger partial charge in [-0.25, -0.2) is 4.39 Å². The first-order valence-corrected chi connectivity index (χ1v) is 6.04. The second-order valence-corrected chi connectivity index (χ2v) is 4.96. The minimum atomic E-state index is -0.417. The van der Waals surface area contributed by atoms with E-state index in [-0.39, 0.29) is 23.8 Å². The molecule has 0 heterocycles. The molecule has 0 fully saturated rings. The lowest BCUT2D eigenvalue weighted by Gasteiger charge is -2.24. The van der Waals surface area contributed by atoms with E-state index in [1.165, 1.54) is 6.07 Å². The van der Waals surface area contributed by atoms with Crippen LogP contribution in [0.5, 0.6) is 5.75 Å². The van der Waals surface area contributed by atoms with Gasteiger partial charge in [0, 0.05) is 5.54 Å². The summed E-state index contributed by atoms with van der Waals surface area (Å²) < 4.78 is 18.8. The Bertz CT molecular complexity index is 430. The molecule has 0 bridgehead atoms.